The van der Waals surface area contributed by atoms with Crippen LogP contribution in [-0.4, -0.2) is 21.0 Å². The van der Waals surface area contributed by atoms with E-state index in [2.05, 4.69) is 27.6 Å². The molecule has 0 saturated carbocycles. The zero-order valence-electron chi connectivity index (χ0n) is 14.6. The predicted molar refractivity (Wildman–Crippen MR) is 112 cm³/mol. The molecule has 0 spiro atoms. The van der Waals surface area contributed by atoms with Crippen molar-refractivity contribution in [3.8, 4) is 0 Å². The molecule has 1 N–H and O–H groups in total. The van der Waals surface area contributed by atoms with Gasteiger partial charge in [-0.3, -0.25) is 20.2 Å². The Morgan fingerprint density at radius 1 is 1.11 bits per heavy atom. The first-order valence-electron chi connectivity index (χ1n) is 8.28. The second-order valence-electron chi connectivity index (χ2n) is 5.62. The highest BCUT2D eigenvalue weighted by Crippen LogP contribution is 2.23. The SMILES string of the molecule is O=C(/C=C/c1ccccc1[N+](=O)[O-])Nc1nnc(CSCc2ccccc2)s1. The van der Waals surface area contributed by atoms with E-state index in [-0.39, 0.29) is 5.69 Å². The number of aromatic nitrogens is 2. The number of nitrogens with one attached hydrogen (secondary N) is 1. The molecule has 7 nitrogen and oxygen atoms in total. The van der Waals surface area contributed by atoms with Crippen molar-refractivity contribution < 1.29 is 9.72 Å². The van der Waals surface area contributed by atoms with Crippen molar-refractivity contribution in [1.82, 2.24) is 10.2 Å². The summed E-state index contributed by atoms with van der Waals surface area (Å²) >= 11 is 3.03. The van der Waals surface area contributed by atoms with Gasteiger partial charge in [-0.05, 0) is 17.7 Å². The summed E-state index contributed by atoms with van der Waals surface area (Å²) in [4.78, 5) is 22.5. The van der Waals surface area contributed by atoms with Gasteiger partial charge in [0.1, 0.15) is 5.01 Å². The molecular weight excluding hydrogens is 396 g/mol. The van der Waals surface area contributed by atoms with E-state index in [9.17, 15) is 14.9 Å². The summed E-state index contributed by atoms with van der Waals surface area (Å²) in [5.41, 5.74) is 1.55. The first-order chi connectivity index (χ1) is 13.6. The lowest BCUT2D eigenvalue weighted by molar-refractivity contribution is -0.385. The fourth-order valence-electron chi connectivity index (χ4n) is 2.30. The number of hydrogen-bond donors (Lipinski definition) is 1. The van der Waals surface area contributed by atoms with E-state index in [1.54, 1.807) is 30.0 Å². The number of benzene rings is 2. The quantitative estimate of drug-likeness (QED) is 0.332. The van der Waals surface area contributed by atoms with E-state index in [4.69, 9.17) is 0 Å². The van der Waals surface area contributed by atoms with Crippen LogP contribution in [0.25, 0.3) is 6.08 Å². The molecule has 0 unspecified atom stereocenters. The number of thioether (sulfide) groups is 1. The molecule has 0 aliphatic heterocycles. The third kappa shape index (κ3) is 5.73. The average Bonchev–Trinajstić information content (AvgIpc) is 3.14. The van der Waals surface area contributed by atoms with Gasteiger partial charge in [-0.2, -0.15) is 0 Å². The Balaban J connectivity index is 1.52. The average molecular weight is 412 g/mol. The van der Waals surface area contributed by atoms with Crippen LogP contribution < -0.4 is 5.32 Å². The predicted octanol–water partition coefficient (Wildman–Crippen LogP) is 4.53. The largest absolute Gasteiger partial charge is 0.297 e. The second-order valence-corrected chi connectivity index (χ2v) is 7.67. The summed E-state index contributed by atoms with van der Waals surface area (Å²) in [6.45, 7) is 0. The molecule has 0 fully saturated rings. The Bertz CT molecular complexity index is 990. The lowest BCUT2D eigenvalue weighted by atomic mass is 10.1. The summed E-state index contributed by atoms with van der Waals surface area (Å²) < 4.78 is 0. The van der Waals surface area contributed by atoms with Gasteiger partial charge >= 0.3 is 0 Å². The number of nitrogens with zero attached hydrogens (tertiary/aromatic N) is 3. The Kier molecular flexibility index (Phi) is 6.88. The van der Waals surface area contributed by atoms with Gasteiger partial charge in [0, 0.05) is 23.6 Å². The van der Waals surface area contributed by atoms with Gasteiger partial charge in [0.2, 0.25) is 11.0 Å². The van der Waals surface area contributed by atoms with Crippen LogP contribution in [0.3, 0.4) is 0 Å². The molecule has 0 atom stereocenters. The van der Waals surface area contributed by atoms with Crippen molar-refractivity contribution in [3.63, 3.8) is 0 Å². The molecule has 0 aliphatic carbocycles. The molecule has 142 valence electrons. The number of anilines is 1. The highest BCUT2D eigenvalue weighted by atomic mass is 32.2. The Morgan fingerprint density at radius 3 is 2.64 bits per heavy atom. The second kappa shape index (κ2) is 9.77. The molecule has 1 aromatic heterocycles. The zero-order valence-corrected chi connectivity index (χ0v) is 16.3. The van der Waals surface area contributed by atoms with Crippen molar-refractivity contribution in [1.29, 1.82) is 0 Å². The lowest BCUT2D eigenvalue weighted by Gasteiger charge is -1.98. The van der Waals surface area contributed by atoms with E-state index >= 15 is 0 Å². The van der Waals surface area contributed by atoms with Crippen LogP contribution in [0.1, 0.15) is 16.1 Å². The Labute approximate surface area is 169 Å². The highest BCUT2D eigenvalue weighted by molar-refractivity contribution is 7.97. The Hall–Kier alpha value is -3.04. The molecule has 0 saturated heterocycles. The van der Waals surface area contributed by atoms with Gasteiger partial charge in [0.05, 0.1) is 10.5 Å². The van der Waals surface area contributed by atoms with Crippen molar-refractivity contribution in [3.05, 3.63) is 86.9 Å². The zero-order chi connectivity index (χ0) is 19.8. The van der Waals surface area contributed by atoms with Gasteiger partial charge in [0.25, 0.3) is 5.69 Å². The summed E-state index contributed by atoms with van der Waals surface area (Å²) in [7, 11) is 0. The number of carbonyl (C=O) groups excluding carboxylic acids is 1. The lowest BCUT2D eigenvalue weighted by Crippen LogP contribution is -2.07. The molecule has 1 amide bonds. The van der Waals surface area contributed by atoms with Gasteiger partial charge in [-0.15, -0.1) is 22.0 Å². The van der Waals surface area contributed by atoms with Crippen LogP contribution in [0.15, 0.2) is 60.7 Å². The normalized spacial score (nSPS) is 10.9. The number of carbonyl (C=O) groups is 1. The maximum Gasteiger partial charge on any atom is 0.276 e. The third-order valence-corrected chi connectivity index (χ3v) is 5.62. The van der Waals surface area contributed by atoms with Gasteiger partial charge < -0.3 is 0 Å². The number of rotatable bonds is 8. The molecule has 0 radical (unpaired) electrons. The summed E-state index contributed by atoms with van der Waals surface area (Å²) in [6.07, 6.45) is 2.65. The molecule has 2 aromatic carbocycles. The topological polar surface area (TPSA) is 98.0 Å². The van der Waals surface area contributed by atoms with E-state index in [0.29, 0.717) is 16.4 Å². The minimum absolute atomic E-state index is 0.0554. The van der Waals surface area contributed by atoms with E-state index < -0.39 is 10.8 Å². The van der Waals surface area contributed by atoms with Gasteiger partial charge in [0.15, 0.2) is 0 Å². The van der Waals surface area contributed by atoms with Gasteiger partial charge in [-0.1, -0.05) is 53.8 Å². The number of amides is 1. The number of nitro benzene ring substituents is 1. The van der Waals surface area contributed by atoms with Crippen LogP contribution in [0.4, 0.5) is 10.8 Å². The molecule has 9 heteroatoms. The molecule has 1 heterocycles. The van der Waals surface area contributed by atoms with E-state index in [1.807, 2.05) is 18.2 Å². The molecule has 0 aliphatic rings. The van der Waals surface area contributed by atoms with Crippen molar-refractivity contribution in [2.75, 3.05) is 5.32 Å². The van der Waals surface area contributed by atoms with Crippen LogP contribution in [0.5, 0.6) is 0 Å². The number of nitro groups is 1. The number of para-hydroxylation sites is 1. The monoisotopic (exact) mass is 412 g/mol. The van der Waals surface area contributed by atoms with E-state index in [1.165, 1.54) is 35.1 Å². The van der Waals surface area contributed by atoms with Crippen molar-refractivity contribution in [2.45, 2.75) is 11.5 Å². The minimum atomic E-state index is -0.484. The Morgan fingerprint density at radius 2 is 1.86 bits per heavy atom. The standard InChI is InChI=1S/C19H16N4O3S2/c24-17(11-10-15-8-4-5-9-16(15)23(25)26)20-19-22-21-18(28-19)13-27-12-14-6-2-1-3-7-14/h1-11H,12-13H2,(H,20,22,24)/b11-10+. The number of hydrogen-bond acceptors (Lipinski definition) is 7. The van der Waals surface area contributed by atoms with Crippen LogP contribution in [-0.2, 0) is 16.3 Å². The summed E-state index contributed by atoms with van der Waals surface area (Å²) in [5, 5.41) is 22.9. The summed E-state index contributed by atoms with van der Waals surface area (Å²) in [6, 6.07) is 16.4. The molecule has 3 rings (SSSR count). The highest BCUT2D eigenvalue weighted by Gasteiger charge is 2.11. The first kappa shape index (κ1) is 19.7. The minimum Gasteiger partial charge on any atom is -0.297 e. The van der Waals surface area contributed by atoms with Gasteiger partial charge in [-0.25, -0.2) is 0 Å². The molecule has 3 aromatic rings. The fraction of sp³-hybridized carbons (Fsp3) is 0.105. The first-order valence-corrected chi connectivity index (χ1v) is 10.3. The van der Waals surface area contributed by atoms with Crippen LogP contribution in [0.2, 0.25) is 0 Å². The van der Waals surface area contributed by atoms with Crippen LogP contribution in [0, 0.1) is 10.1 Å². The molecule has 0 bridgehead atoms. The maximum absolute atomic E-state index is 12.0. The molecular formula is C19H16N4O3S2. The fourth-order valence-corrected chi connectivity index (χ4v) is 4.09. The van der Waals surface area contributed by atoms with Crippen molar-refractivity contribution in [2.24, 2.45) is 0 Å². The third-order valence-electron chi connectivity index (χ3n) is 3.58. The maximum atomic E-state index is 12.0. The van der Waals surface area contributed by atoms with Crippen molar-refractivity contribution >= 4 is 45.9 Å². The van der Waals surface area contributed by atoms with Crippen LogP contribution >= 0.6 is 23.1 Å². The smallest absolute Gasteiger partial charge is 0.276 e. The van der Waals surface area contributed by atoms with E-state index in [0.717, 1.165) is 10.8 Å². The molecule has 28 heavy (non-hydrogen) atoms. The summed E-state index contributed by atoms with van der Waals surface area (Å²) in [5.74, 6) is 1.16.